The van der Waals surface area contributed by atoms with Crippen LogP contribution in [0.15, 0.2) is 66.9 Å². The summed E-state index contributed by atoms with van der Waals surface area (Å²) in [4.78, 5) is 18.6. The number of halogens is 2. The minimum absolute atomic E-state index is 0.243. The molecule has 0 spiro atoms. The fourth-order valence-corrected chi connectivity index (χ4v) is 2.56. The minimum Gasteiger partial charge on any atom is -0.355 e. The average Bonchev–Trinajstić information content (AvgIpc) is 2.66. The average molecular weight is 353 g/mol. The van der Waals surface area contributed by atoms with Crippen molar-refractivity contribution in [2.45, 2.75) is 6.92 Å². The number of pyridine rings is 1. The number of hydrogen-bond acceptors (Lipinski definition) is 3. The van der Waals surface area contributed by atoms with E-state index in [1.54, 1.807) is 17.0 Å². The summed E-state index contributed by atoms with van der Waals surface area (Å²) in [5, 5.41) is 2.95. The van der Waals surface area contributed by atoms with Gasteiger partial charge in [-0.15, -0.1) is 0 Å². The molecule has 6 heteroatoms. The number of carbonyl (C=O) groups excluding carboxylic acids is 1. The van der Waals surface area contributed by atoms with Crippen LogP contribution in [0.1, 0.15) is 17.4 Å². The number of benzene rings is 2. The van der Waals surface area contributed by atoms with Crippen molar-refractivity contribution in [3.8, 4) is 0 Å². The highest BCUT2D eigenvalue weighted by Crippen LogP contribution is 2.21. The number of para-hydroxylation sites is 1. The zero-order valence-corrected chi connectivity index (χ0v) is 14.1. The van der Waals surface area contributed by atoms with E-state index in [1.807, 2.05) is 37.3 Å². The summed E-state index contributed by atoms with van der Waals surface area (Å²) in [7, 11) is 0. The molecule has 3 rings (SSSR count). The molecule has 0 unspecified atom stereocenters. The zero-order chi connectivity index (χ0) is 18.5. The summed E-state index contributed by atoms with van der Waals surface area (Å²) in [6, 6.07) is 16.1. The first kappa shape index (κ1) is 17.5. The summed E-state index contributed by atoms with van der Waals surface area (Å²) in [6.45, 7) is 2.37. The molecule has 132 valence electrons. The van der Waals surface area contributed by atoms with E-state index < -0.39 is 11.6 Å². The van der Waals surface area contributed by atoms with E-state index in [1.165, 1.54) is 12.3 Å². The Hall–Kier alpha value is -3.28. The first-order valence-electron chi connectivity index (χ1n) is 8.13. The molecule has 0 radical (unpaired) electrons. The molecule has 1 aromatic heterocycles. The molecular weight excluding hydrogens is 336 g/mol. The molecule has 2 aromatic carbocycles. The molecule has 1 heterocycles. The standard InChI is InChI=1S/C20H17F2N3O/c1-2-25(16-6-4-3-5-7-16)20(26)19-13-15(10-11-23-19)24-14-8-9-17(21)18(22)12-14/h3-13H,2H2,1H3,(H,23,24). The Morgan fingerprint density at radius 1 is 1.00 bits per heavy atom. The SMILES string of the molecule is CCN(C(=O)c1cc(Nc2ccc(F)c(F)c2)ccn1)c1ccccc1. The Balaban J connectivity index is 1.84. The van der Waals surface area contributed by atoms with E-state index >= 15 is 0 Å². The van der Waals surface area contributed by atoms with Crippen LogP contribution in [0.5, 0.6) is 0 Å². The number of amides is 1. The van der Waals surface area contributed by atoms with Crippen LogP contribution in [0, 0.1) is 11.6 Å². The molecule has 0 saturated heterocycles. The molecule has 0 aliphatic rings. The second kappa shape index (κ2) is 7.74. The molecule has 1 amide bonds. The van der Waals surface area contributed by atoms with Gasteiger partial charge in [-0.1, -0.05) is 18.2 Å². The molecular formula is C20H17F2N3O. The van der Waals surface area contributed by atoms with E-state index in [4.69, 9.17) is 0 Å². The highest BCUT2D eigenvalue weighted by Gasteiger charge is 2.17. The van der Waals surface area contributed by atoms with Crippen molar-refractivity contribution >= 4 is 23.0 Å². The summed E-state index contributed by atoms with van der Waals surface area (Å²) in [5.41, 5.74) is 1.96. The smallest absolute Gasteiger partial charge is 0.276 e. The van der Waals surface area contributed by atoms with Crippen LogP contribution in [0.3, 0.4) is 0 Å². The zero-order valence-electron chi connectivity index (χ0n) is 14.1. The van der Waals surface area contributed by atoms with Gasteiger partial charge in [-0.05, 0) is 43.3 Å². The summed E-state index contributed by atoms with van der Waals surface area (Å²) >= 11 is 0. The summed E-state index contributed by atoms with van der Waals surface area (Å²) in [6.07, 6.45) is 1.49. The fourth-order valence-electron chi connectivity index (χ4n) is 2.56. The van der Waals surface area contributed by atoms with Gasteiger partial charge in [-0.3, -0.25) is 9.78 Å². The molecule has 0 aliphatic carbocycles. The highest BCUT2D eigenvalue weighted by atomic mass is 19.2. The van der Waals surface area contributed by atoms with Gasteiger partial charge in [0.05, 0.1) is 0 Å². The molecule has 4 nitrogen and oxygen atoms in total. The lowest BCUT2D eigenvalue weighted by molar-refractivity contribution is 0.0983. The maximum atomic E-state index is 13.3. The molecule has 1 N–H and O–H groups in total. The lowest BCUT2D eigenvalue weighted by Gasteiger charge is -2.20. The normalized spacial score (nSPS) is 10.4. The van der Waals surface area contributed by atoms with Crippen molar-refractivity contribution in [3.05, 3.63) is 84.2 Å². The lowest BCUT2D eigenvalue weighted by atomic mass is 10.2. The van der Waals surface area contributed by atoms with Gasteiger partial charge < -0.3 is 10.2 Å². The molecule has 0 fully saturated rings. The lowest BCUT2D eigenvalue weighted by Crippen LogP contribution is -2.31. The van der Waals surface area contributed by atoms with Gasteiger partial charge in [0, 0.05) is 35.9 Å². The molecule has 26 heavy (non-hydrogen) atoms. The first-order chi connectivity index (χ1) is 12.6. The number of anilines is 3. The van der Waals surface area contributed by atoms with Gasteiger partial charge in [0.15, 0.2) is 11.6 Å². The van der Waals surface area contributed by atoms with Crippen molar-refractivity contribution in [2.75, 3.05) is 16.8 Å². The van der Waals surface area contributed by atoms with Gasteiger partial charge in [0.2, 0.25) is 0 Å². The van der Waals surface area contributed by atoms with Crippen LogP contribution in [0.4, 0.5) is 25.8 Å². The van der Waals surface area contributed by atoms with Crippen molar-refractivity contribution < 1.29 is 13.6 Å². The van der Waals surface area contributed by atoms with E-state index in [9.17, 15) is 13.6 Å². The summed E-state index contributed by atoms with van der Waals surface area (Å²) in [5.74, 6) is -2.10. The Morgan fingerprint density at radius 3 is 2.42 bits per heavy atom. The molecule has 0 aliphatic heterocycles. The van der Waals surface area contributed by atoms with Gasteiger partial charge in [-0.2, -0.15) is 0 Å². The third-order valence-electron chi connectivity index (χ3n) is 3.82. The number of hydrogen-bond donors (Lipinski definition) is 1. The van der Waals surface area contributed by atoms with Gasteiger partial charge in [0.25, 0.3) is 5.91 Å². The fraction of sp³-hybridized carbons (Fsp3) is 0.100. The Bertz CT molecular complexity index is 916. The van der Waals surface area contributed by atoms with Crippen LogP contribution in [-0.4, -0.2) is 17.4 Å². The largest absolute Gasteiger partial charge is 0.355 e. The van der Waals surface area contributed by atoms with Crippen LogP contribution >= 0.6 is 0 Å². The van der Waals surface area contributed by atoms with Gasteiger partial charge in [0.1, 0.15) is 5.69 Å². The Labute approximate surface area is 150 Å². The number of aromatic nitrogens is 1. The maximum absolute atomic E-state index is 13.3. The van der Waals surface area contributed by atoms with Crippen LogP contribution in [-0.2, 0) is 0 Å². The van der Waals surface area contributed by atoms with Gasteiger partial charge >= 0.3 is 0 Å². The number of rotatable bonds is 5. The van der Waals surface area contributed by atoms with E-state index in [-0.39, 0.29) is 11.6 Å². The maximum Gasteiger partial charge on any atom is 0.276 e. The Morgan fingerprint density at radius 2 is 1.73 bits per heavy atom. The predicted octanol–water partition coefficient (Wildman–Crippen LogP) is 4.77. The Kier molecular flexibility index (Phi) is 5.22. The van der Waals surface area contributed by atoms with E-state index in [2.05, 4.69) is 10.3 Å². The monoisotopic (exact) mass is 353 g/mol. The number of nitrogens with zero attached hydrogens (tertiary/aromatic N) is 2. The van der Waals surface area contributed by atoms with Crippen molar-refractivity contribution in [1.29, 1.82) is 0 Å². The number of nitrogens with one attached hydrogen (secondary N) is 1. The highest BCUT2D eigenvalue weighted by molar-refractivity contribution is 6.05. The van der Waals surface area contributed by atoms with Gasteiger partial charge in [-0.25, -0.2) is 8.78 Å². The van der Waals surface area contributed by atoms with Crippen LogP contribution < -0.4 is 10.2 Å². The first-order valence-corrected chi connectivity index (χ1v) is 8.13. The second-order valence-corrected chi connectivity index (χ2v) is 5.57. The van der Waals surface area contributed by atoms with Crippen LogP contribution in [0.25, 0.3) is 0 Å². The topological polar surface area (TPSA) is 45.2 Å². The van der Waals surface area contributed by atoms with E-state index in [0.717, 1.165) is 17.8 Å². The predicted molar refractivity (Wildman–Crippen MR) is 97.7 cm³/mol. The van der Waals surface area contributed by atoms with E-state index in [0.29, 0.717) is 17.9 Å². The van der Waals surface area contributed by atoms with Crippen molar-refractivity contribution in [3.63, 3.8) is 0 Å². The molecule has 3 aromatic rings. The quantitative estimate of drug-likeness (QED) is 0.719. The van der Waals surface area contributed by atoms with Crippen molar-refractivity contribution in [2.24, 2.45) is 0 Å². The molecule has 0 saturated carbocycles. The number of carbonyl (C=O) groups is 1. The van der Waals surface area contributed by atoms with Crippen molar-refractivity contribution in [1.82, 2.24) is 4.98 Å². The second-order valence-electron chi connectivity index (χ2n) is 5.57. The summed E-state index contributed by atoms with van der Waals surface area (Å²) < 4.78 is 26.4. The third kappa shape index (κ3) is 3.85. The third-order valence-corrected chi connectivity index (χ3v) is 3.82. The molecule has 0 atom stereocenters. The minimum atomic E-state index is -0.943. The van der Waals surface area contributed by atoms with Crippen LogP contribution in [0.2, 0.25) is 0 Å². The molecule has 0 bridgehead atoms.